The van der Waals surface area contributed by atoms with E-state index >= 15 is 0 Å². The fourth-order valence-electron chi connectivity index (χ4n) is 1.41. The number of hydrogen-bond donors (Lipinski definition) is 2. The van der Waals surface area contributed by atoms with Gasteiger partial charge in [0.05, 0.1) is 7.05 Å². The molecule has 0 radical (unpaired) electrons. The average molecular weight is 282 g/mol. The zero-order valence-corrected chi connectivity index (χ0v) is 11.1. The molecule has 0 fully saturated rings. The van der Waals surface area contributed by atoms with E-state index in [9.17, 15) is 4.79 Å². The van der Waals surface area contributed by atoms with Crippen molar-refractivity contribution in [3.63, 3.8) is 0 Å². The van der Waals surface area contributed by atoms with Crippen molar-refractivity contribution in [3.05, 3.63) is 22.8 Å². The lowest BCUT2D eigenvalue weighted by Crippen LogP contribution is -2.14. The van der Waals surface area contributed by atoms with E-state index < -0.39 is 0 Å². The predicted octanol–water partition coefficient (Wildman–Crippen LogP) is 0.943. The number of pyridine rings is 1. The highest BCUT2D eigenvalue weighted by Crippen LogP contribution is 2.15. The minimum atomic E-state index is -0.378. The molecule has 0 saturated carbocycles. The third-order valence-corrected chi connectivity index (χ3v) is 2.34. The number of hydrogen-bond acceptors (Lipinski definition) is 6. The first-order chi connectivity index (χ1) is 9.08. The van der Waals surface area contributed by atoms with Crippen LogP contribution in [0.15, 0.2) is 12.1 Å². The van der Waals surface area contributed by atoms with Crippen LogP contribution in [-0.2, 0) is 7.05 Å². The Hall–Kier alpha value is -2.22. The lowest BCUT2D eigenvalue weighted by molar-refractivity contribution is 0.102. The zero-order chi connectivity index (χ0) is 13.8. The van der Waals surface area contributed by atoms with Crippen LogP contribution in [-0.4, -0.2) is 37.6 Å². The molecule has 0 bridgehead atoms. The minimum Gasteiger partial charge on any atom is -0.370 e. The maximum absolute atomic E-state index is 12.0. The summed E-state index contributed by atoms with van der Waals surface area (Å²) in [5.41, 5.74) is 0.364. The fourth-order valence-corrected chi connectivity index (χ4v) is 1.62. The third-order valence-electron chi connectivity index (χ3n) is 2.15. The van der Waals surface area contributed by atoms with Gasteiger partial charge in [0.1, 0.15) is 11.0 Å². The predicted molar refractivity (Wildman–Crippen MR) is 70.2 cm³/mol. The van der Waals surface area contributed by atoms with E-state index in [1.165, 1.54) is 10.9 Å². The van der Waals surface area contributed by atoms with Crippen LogP contribution in [0.5, 0.6) is 0 Å². The SMILES string of the molecule is CCNc1cc(C(=O)Nc2nnn(C)n2)cc(Cl)n1. The van der Waals surface area contributed by atoms with Gasteiger partial charge in [-0.1, -0.05) is 16.7 Å². The maximum atomic E-state index is 12.0. The van der Waals surface area contributed by atoms with Gasteiger partial charge in [-0.05, 0) is 24.3 Å². The molecule has 0 aliphatic carbocycles. The largest absolute Gasteiger partial charge is 0.370 e. The van der Waals surface area contributed by atoms with Crippen LogP contribution in [0.25, 0.3) is 0 Å². The summed E-state index contributed by atoms with van der Waals surface area (Å²) in [5.74, 6) is 0.286. The van der Waals surface area contributed by atoms with Crippen molar-refractivity contribution in [2.75, 3.05) is 17.2 Å². The molecule has 2 heterocycles. The Morgan fingerprint density at radius 3 is 2.89 bits per heavy atom. The van der Waals surface area contributed by atoms with Gasteiger partial charge in [0.25, 0.3) is 11.9 Å². The average Bonchev–Trinajstić information content (AvgIpc) is 2.74. The molecule has 1 amide bonds. The number of amides is 1. The van der Waals surface area contributed by atoms with E-state index in [1.54, 1.807) is 13.1 Å². The van der Waals surface area contributed by atoms with Crippen LogP contribution in [0.3, 0.4) is 0 Å². The van der Waals surface area contributed by atoms with Crippen molar-refractivity contribution in [1.29, 1.82) is 0 Å². The van der Waals surface area contributed by atoms with Crippen LogP contribution >= 0.6 is 11.6 Å². The van der Waals surface area contributed by atoms with Gasteiger partial charge in [-0.15, -0.1) is 5.10 Å². The van der Waals surface area contributed by atoms with Gasteiger partial charge in [-0.25, -0.2) is 4.98 Å². The number of aromatic nitrogens is 5. The number of nitrogens with zero attached hydrogens (tertiary/aromatic N) is 5. The molecule has 2 rings (SSSR count). The van der Waals surface area contributed by atoms with Crippen molar-refractivity contribution in [2.24, 2.45) is 7.05 Å². The fraction of sp³-hybridized carbons (Fsp3) is 0.300. The van der Waals surface area contributed by atoms with Crippen molar-refractivity contribution in [1.82, 2.24) is 25.2 Å². The maximum Gasteiger partial charge on any atom is 0.270 e. The van der Waals surface area contributed by atoms with Crippen molar-refractivity contribution in [2.45, 2.75) is 6.92 Å². The first kappa shape index (κ1) is 13.2. The van der Waals surface area contributed by atoms with Gasteiger partial charge in [0, 0.05) is 12.1 Å². The standard InChI is InChI=1S/C10H12ClN7O/c1-3-12-8-5-6(4-7(11)13-8)9(19)14-10-15-17-18(2)16-10/h4-5H,3H2,1-2H3,(H,12,13)(H,14,16,19). The van der Waals surface area contributed by atoms with Gasteiger partial charge >= 0.3 is 0 Å². The van der Waals surface area contributed by atoms with E-state index in [2.05, 4.69) is 31.0 Å². The minimum absolute atomic E-state index is 0.130. The summed E-state index contributed by atoms with van der Waals surface area (Å²) in [7, 11) is 1.61. The zero-order valence-electron chi connectivity index (χ0n) is 10.4. The smallest absolute Gasteiger partial charge is 0.270 e. The Bertz CT molecular complexity index is 597. The second kappa shape index (κ2) is 5.61. The Morgan fingerprint density at radius 1 is 1.47 bits per heavy atom. The molecule has 2 aromatic heterocycles. The van der Waals surface area contributed by atoms with E-state index in [0.29, 0.717) is 17.9 Å². The molecule has 2 aromatic rings. The third kappa shape index (κ3) is 3.38. The lowest BCUT2D eigenvalue weighted by atomic mass is 10.2. The van der Waals surface area contributed by atoms with E-state index in [-0.39, 0.29) is 17.0 Å². The lowest BCUT2D eigenvalue weighted by Gasteiger charge is -2.06. The first-order valence-corrected chi connectivity index (χ1v) is 5.93. The summed E-state index contributed by atoms with van der Waals surface area (Å²) < 4.78 is 0. The van der Waals surface area contributed by atoms with Crippen LogP contribution < -0.4 is 10.6 Å². The molecule has 8 nitrogen and oxygen atoms in total. The van der Waals surface area contributed by atoms with Crippen LogP contribution in [0.4, 0.5) is 11.8 Å². The normalized spacial score (nSPS) is 10.3. The summed E-state index contributed by atoms with van der Waals surface area (Å²) >= 11 is 5.86. The van der Waals surface area contributed by atoms with Crippen molar-refractivity contribution in [3.8, 4) is 0 Å². The van der Waals surface area contributed by atoms with Crippen molar-refractivity contribution < 1.29 is 4.79 Å². The highest BCUT2D eigenvalue weighted by molar-refractivity contribution is 6.30. The number of halogens is 1. The number of carbonyl (C=O) groups is 1. The molecule has 0 aliphatic rings. The highest BCUT2D eigenvalue weighted by Gasteiger charge is 2.11. The molecule has 2 N–H and O–H groups in total. The molecule has 0 aromatic carbocycles. The van der Waals surface area contributed by atoms with Gasteiger partial charge in [0.2, 0.25) is 0 Å². The second-order valence-corrected chi connectivity index (χ2v) is 4.04. The number of aryl methyl sites for hydroxylation is 1. The second-order valence-electron chi connectivity index (χ2n) is 3.65. The van der Waals surface area contributed by atoms with Crippen molar-refractivity contribution >= 4 is 29.3 Å². The Balaban J connectivity index is 2.18. The number of carbonyl (C=O) groups excluding carboxylic acids is 1. The number of nitrogens with one attached hydrogen (secondary N) is 2. The van der Waals surface area contributed by atoms with Gasteiger partial charge in [-0.2, -0.15) is 4.80 Å². The van der Waals surface area contributed by atoms with Gasteiger partial charge < -0.3 is 5.32 Å². The Morgan fingerprint density at radius 2 is 2.26 bits per heavy atom. The van der Waals surface area contributed by atoms with Crippen LogP contribution in [0, 0.1) is 0 Å². The molecule has 0 unspecified atom stereocenters. The Kier molecular flexibility index (Phi) is 3.91. The summed E-state index contributed by atoms with van der Waals surface area (Å²) in [5, 5.41) is 16.9. The molecule has 19 heavy (non-hydrogen) atoms. The number of tetrazole rings is 1. The van der Waals surface area contributed by atoms with E-state index in [0.717, 1.165) is 0 Å². The van der Waals surface area contributed by atoms with E-state index in [4.69, 9.17) is 11.6 Å². The molecular formula is C10H12ClN7O. The number of anilines is 2. The van der Waals surface area contributed by atoms with Crippen LogP contribution in [0.2, 0.25) is 5.15 Å². The summed E-state index contributed by atoms with van der Waals surface area (Å²) in [6, 6.07) is 3.06. The van der Waals surface area contributed by atoms with Gasteiger partial charge in [0.15, 0.2) is 0 Å². The monoisotopic (exact) mass is 281 g/mol. The molecule has 9 heteroatoms. The Labute approximate surface area is 114 Å². The molecule has 100 valence electrons. The molecule has 0 spiro atoms. The van der Waals surface area contributed by atoms with Crippen LogP contribution in [0.1, 0.15) is 17.3 Å². The molecule has 0 saturated heterocycles. The first-order valence-electron chi connectivity index (χ1n) is 5.55. The molecule has 0 aliphatic heterocycles. The highest BCUT2D eigenvalue weighted by atomic mass is 35.5. The molecular weight excluding hydrogens is 270 g/mol. The summed E-state index contributed by atoms with van der Waals surface area (Å²) in [6.45, 7) is 2.60. The molecule has 0 atom stereocenters. The number of rotatable bonds is 4. The quantitative estimate of drug-likeness (QED) is 0.810. The van der Waals surface area contributed by atoms with Gasteiger partial charge in [-0.3, -0.25) is 10.1 Å². The topological polar surface area (TPSA) is 97.6 Å². The summed E-state index contributed by atoms with van der Waals surface area (Å²) in [4.78, 5) is 17.3. The van der Waals surface area contributed by atoms with E-state index in [1.807, 2.05) is 6.92 Å². The summed E-state index contributed by atoms with van der Waals surface area (Å²) in [6.07, 6.45) is 0.